The molecular weight excluding hydrogens is 615 g/mol. The van der Waals surface area contributed by atoms with Crippen LogP contribution in [0.1, 0.15) is 1.43 Å². The summed E-state index contributed by atoms with van der Waals surface area (Å²) < 4.78 is 59.6. The molecule has 0 amide bonds. The van der Waals surface area contributed by atoms with Crippen LogP contribution in [0.5, 0.6) is 0 Å². The van der Waals surface area contributed by atoms with Crippen molar-refractivity contribution < 1.29 is 18.3 Å². The molecule has 0 nitrogen and oxygen atoms in total. The summed E-state index contributed by atoms with van der Waals surface area (Å²) >= 11 is -11.2. The third kappa shape index (κ3) is 7.15. The number of rotatable bonds is 4. The molecule has 194 valence electrons. The third-order valence-corrected chi connectivity index (χ3v) is 10.7. The van der Waals surface area contributed by atoms with Gasteiger partial charge in [-0.2, -0.15) is 0 Å². The van der Waals surface area contributed by atoms with Crippen molar-refractivity contribution in [2.24, 2.45) is 0 Å². The summed E-state index contributed by atoms with van der Waals surface area (Å²) in [5, 5.41) is 6.92. The van der Waals surface area contributed by atoms with Crippen molar-refractivity contribution in [2.75, 3.05) is 6.66 Å². The Morgan fingerprint density at radius 2 is 0.892 bits per heavy atom. The molecule has 0 heterocycles. The molecule has 37 heavy (non-hydrogen) atoms. The predicted octanol–water partition coefficient (Wildman–Crippen LogP) is 8.42. The van der Waals surface area contributed by atoms with E-state index in [1.165, 1.54) is 37.8 Å². The number of halogens is 6. The van der Waals surface area contributed by atoms with Gasteiger partial charge in [0.15, 0.2) is 0 Å². The first-order valence-electron chi connectivity index (χ1n) is 11.5. The molecule has 0 fully saturated rings. The van der Waals surface area contributed by atoms with Gasteiger partial charge >= 0.3 is 217 Å². The van der Waals surface area contributed by atoms with Crippen LogP contribution < -0.4 is 15.9 Å². The molecule has 0 aliphatic carbocycles. The molecule has 0 saturated heterocycles. The van der Waals surface area contributed by atoms with Gasteiger partial charge in [-0.25, -0.2) is 0 Å². The Balaban J connectivity index is 0.000000444. The molecule has 8 heteroatoms. The number of benzene rings is 5. The van der Waals surface area contributed by atoms with Crippen LogP contribution in [-0.2, 0) is 0 Å². The second-order valence-corrected chi connectivity index (χ2v) is 18.3. The van der Waals surface area contributed by atoms with Gasteiger partial charge in [0.05, 0.1) is 0 Å². The molecular formula is C29H26F6PSb. The normalized spacial score (nSPS) is 14.1. The maximum Gasteiger partial charge on any atom is 1.00 e. The zero-order valence-corrected chi connectivity index (χ0v) is 23.4. The first-order valence-corrected chi connectivity index (χ1v) is 19.8. The average Bonchev–Trinajstić information content (AvgIpc) is 2.87. The van der Waals surface area contributed by atoms with Crippen molar-refractivity contribution in [2.45, 2.75) is 0 Å². The van der Waals surface area contributed by atoms with E-state index in [1.54, 1.807) is 0 Å². The minimum Gasteiger partial charge on any atom is 1.00 e. The van der Waals surface area contributed by atoms with Gasteiger partial charge in [-0.1, -0.05) is 0 Å². The van der Waals surface area contributed by atoms with E-state index in [0.29, 0.717) is 0 Å². The second-order valence-electron chi connectivity index (χ2n) is 8.89. The van der Waals surface area contributed by atoms with Crippen molar-refractivity contribution in [1.29, 1.82) is 0 Å². The average molecular weight is 641 g/mol. The van der Waals surface area contributed by atoms with E-state index in [-0.39, 0.29) is 1.43 Å². The standard InChI is InChI=1S/C29H25P.6FH.Sb/c1-30(24-15-4-2-5-16-24,25-17-6-3-7-18-25)29-22-11-10-20-28(29)27-21-12-14-23-13-8-9-19-26(23)27;;;;;;;/h2-22,30H,1H3;6*1H;/q;;;;;;;+5/p-5. The summed E-state index contributed by atoms with van der Waals surface area (Å²) in [6, 6.07) is 46.5. The van der Waals surface area contributed by atoms with Gasteiger partial charge in [-0.3, -0.25) is 0 Å². The van der Waals surface area contributed by atoms with E-state index < -0.39 is 26.7 Å². The predicted molar refractivity (Wildman–Crippen MR) is 149 cm³/mol. The molecule has 0 aromatic heterocycles. The first kappa shape index (κ1) is 27.2. The number of hydrogen-bond donors (Lipinski definition) is 0. The maximum absolute atomic E-state index is 11.2. The van der Waals surface area contributed by atoms with Crippen molar-refractivity contribution in [3.05, 3.63) is 127 Å². The van der Waals surface area contributed by atoms with Crippen LogP contribution in [0.2, 0.25) is 0 Å². The molecule has 5 aromatic carbocycles. The van der Waals surface area contributed by atoms with Gasteiger partial charge in [0.2, 0.25) is 0 Å². The third-order valence-electron chi connectivity index (χ3n) is 6.25. The molecule has 0 unspecified atom stereocenters. The quantitative estimate of drug-likeness (QED) is 0.105. The van der Waals surface area contributed by atoms with Crippen molar-refractivity contribution in [1.82, 2.24) is 0 Å². The zero-order valence-electron chi connectivity index (χ0n) is 20.8. The molecule has 0 spiro atoms. The summed E-state index contributed by atoms with van der Waals surface area (Å²) in [5.74, 6) is 0. The molecule has 0 atom stereocenters. The van der Waals surface area contributed by atoms with Crippen molar-refractivity contribution in [3.8, 4) is 11.1 Å². The Bertz CT molecular complexity index is 1470. The van der Waals surface area contributed by atoms with Crippen LogP contribution in [0, 0.1) is 0 Å². The maximum atomic E-state index is 9.93. The Morgan fingerprint density at radius 1 is 0.486 bits per heavy atom. The monoisotopic (exact) mass is 640 g/mol. The molecule has 5 rings (SSSR count). The summed E-state index contributed by atoms with van der Waals surface area (Å²) in [6.07, 6.45) is 0. The Morgan fingerprint density at radius 3 is 1.46 bits per heavy atom. The van der Waals surface area contributed by atoms with Gasteiger partial charge in [-0.15, -0.1) is 0 Å². The van der Waals surface area contributed by atoms with E-state index in [4.69, 9.17) is 0 Å². The van der Waals surface area contributed by atoms with Crippen LogP contribution in [0.25, 0.3) is 21.9 Å². The zero-order chi connectivity index (χ0) is 26.8. The SMILES string of the molecule is C[PH](c1ccccc1)(c1ccccc1)c1ccccc1-c1cccc2ccccc12.[F][Sb-]([F])([F])([F])([F])[F].[H+]. The molecule has 0 aliphatic rings. The molecule has 0 radical (unpaired) electrons. The van der Waals surface area contributed by atoms with Gasteiger partial charge in [0.25, 0.3) is 0 Å². The minimum absolute atomic E-state index is 0. The van der Waals surface area contributed by atoms with Gasteiger partial charge in [0, 0.05) is 0 Å². The Labute approximate surface area is 216 Å². The van der Waals surface area contributed by atoms with E-state index in [0.717, 1.165) is 0 Å². The van der Waals surface area contributed by atoms with Gasteiger partial charge in [0.1, 0.15) is 0 Å². The Kier molecular flexibility index (Phi) is 6.99. The van der Waals surface area contributed by atoms with Crippen LogP contribution in [-0.4, -0.2) is 26.1 Å². The van der Waals surface area contributed by atoms with Crippen LogP contribution in [0.15, 0.2) is 127 Å². The summed E-state index contributed by atoms with van der Waals surface area (Å²) in [6.45, 7) is 2.49. The molecule has 0 aliphatic heterocycles. The fourth-order valence-electron chi connectivity index (χ4n) is 4.63. The summed E-state index contributed by atoms with van der Waals surface area (Å²) in [4.78, 5) is 0. The van der Waals surface area contributed by atoms with E-state index in [2.05, 4.69) is 134 Å². The van der Waals surface area contributed by atoms with Crippen LogP contribution >= 0.6 is 7.26 Å². The molecule has 5 aromatic rings. The minimum atomic E-state index is -11.2. The van der Waals surface area contributed by atoms with Gasteiger partial charge < -0.3 is 0 Å². The fraction of sp³-hybridized carbons (Fsp3) is 0.0345. The largest absolute Gasteiger partial charge is 1.00 e. The molecule has 0 bridgehead atoms. The van der Waals surface area contributed by atoms with E-state index in [9.17, 15) is 16.9 Å². The van der Waals surface area contributed by atoms with Gasteiger partial charge in [-0.05, 0) is 0 Å². The summed E-state index contributed by atoms with van der Waals surface area (Å²) in [5.41, 5.74) is 2.66. The van der Waals surface area contributed by atoms with Crippen molar-refractivity contribution >= 4 is 53.4 Å². The van der Waals surface area contributed by atoms with Crippen LogP contribution in [0.3, 0.4) is 0 Å². The number of fused-ring (bicyclic) bond motifs is 1. The smallest absolute Gasteiger partial charge is 1.00 e. The number of hydrogen-bond acceptors (Lipinski definition) is 0. The molecule has 0 saturated carbocycles. The fourth-order valence-corrected chi connectivity index (χ4v) is 8.49. The summed E-state index contributed by atoms with van der Waals surface area (Å²) in [7, 11) is -2.19. The second kappa shape index (κ2) is 9.49. The topological polar surface area (TPSA) is 0 Å². The first-order chi connectivity index (χ1) is 17.2. The molecule has 0 N–H and O–H groups in total. The Hall–Kier alpha value is -2.81. The van der Waals surface area contributed by atoms with Crippen molar-refractivity contribution in [3.63, 3.8) is 0 Å². The van der Waals surface area contributed by atoms with E-state index >= 15 is 0 Å². The van der Waals surface area contributed by atoms with E-state index in [1.807, 2.05) is 0 Å². The van der Waals surface area contributed by atoms with Crippen LogP contribution in [0.4, 0.5) is 16.9 Å².